The van der Waals surface area contributed by atoms with Crippen LogP contribution in [0.5, 0.6) is 5.75 Å². The van der Waals surface area contributed by atoms with Gasteiger partial charge >= 0.3 is 0 Å². The molecule has 1 aliphatic rings. The highest BCUT2D eigenvalue weighted by atomic mass is 32.2. The standard InChI is InChI=1S/C15H12FN3O5S/c16-11-4-9(15-10(5-11)7-22-8-23-15)6-17-25(20,21)13-3-1-2-12-14(13)19-24-18-12/h1-5,17H,6-8H2. The van der Waals surface area contributed by atoms with Crippen molar-refractivity contribution in [2.75, 3.05) is 6.79 Å². The average molecular weight is 365 g/mol. The Balaban J connectivity index is 1.65. The van der Waals surface area contributed by atoms with Gasteiger partial charge in [0, 0.05) is 17.7 Å². The van der Waals surface area contributed by atoms with Crippen LogP contribution >= 0.6 is 0 Å². The van der Waals surface area contributed by atoms with Crippen LogP contribution in [0.2, 0.25) is 0 Å². The minimum Gasteiger partial charge on any atom is -0.467 e. The maximum Gasteiger partial charge on any atom is 0.243 e. The smallest absolute Gasteiger partial charge is 0.243 e. The third-order valence-corrected chi connectivity index (χ3v) is 5.18. The predicted octanol–water partition coefficient (Wildman–Crippen LogP) is 1.71. The first-order valence-corrected chi connectivity index (χ1v) is 8.76. The van der Waals surface area contributed by atoms with Crippen LogP contribution in [-0.4, -0.2) is 25.5 Å². The fourth-order valence-electron chi connectivity index (χ4n) is 2.64. The molecule has 0 spiro atoms. The van der Waals surface area contributed by atoms with Gasteiger partial charge in [0.1, 0.15) is 22.0 Å². The van der Waals surface area contributed by atoms with Gasteiger partial charge in [-0.1, -0.05) is 6.07 Å². The highest BCUT2D eigenvalue weighted by Gasteiger charge is 2.22. The number of sulfonamides is 1. The normalized spacial score (nSPS) is 14.3. The van der Waals surface area contributed by atoms with E-state index in [1.165, 1.54) is 24.3 Å². The molecule has 0 saturated heterocycles. The van der Waals surface area contributed by atoms with Gasteiger partial charge < -0.3 is 9.47 Å². The number of fused-ring (bicyclic) bond motifs is 2. The number of benzene rings is 2. The van der Waals surface area contributed by atoms with Crippen LogP contribution in [-0.2, 0) is 27.9 Å². The van der Waals surface area contributed by atoms with Crippen molar-refractivity contribution in [1.82, 2.24) is 15.0 Å². The molecular weight excluding hydrogens is 353 g/mol. The molecule has 4 rings (SSSR count). The molecule has 1 N–H and O–H groups in total. The van der Waals surface area contributed by atoms with E-state index in [1.54, 1.807) is 6.07 Å². The summed E-state index contributed by atoms with van der Waals surface area (Å²) in [6.45, 7) is 0.0865. The molecule has 0 aliphatic carbocycles. The van der Waals surface area contributed by atoms with Gasteiger partial charge in [-0.3, -0.25) is 0 Å². The Hall–Kier alpha value is -2.56. The van der Waals surface area contributed by atoms with E-state index in [1.807, 2.05) is 0 Å². The molecule has 0 radical (unpaired) electrons. The predicted molar refractivity (Wildman–Crippen MR) is 82.5 cm³/mol. The molecule has 25 heavy (non-hydrogen) atoms. The van der Waals surface area contributed by atoms with Crippen LogP contribution < -0.4 is 9.46 Å². The van der Waals surface area contributed by atoms with E-state index in [9.17, 15) is 12.8 Å². The fourth-order valence-corrected chi connectivity index (χ4v) is 3.79. The number of nitrogens with zero attached hydrogens (tertiary/aromatic N) is 2. The van der Waals surface area contributed by atoms with Gasteiger partial charge in [-0.2, -0.15) is 0 Å². The minimum absolute atomic E-state index is 0.0301. The van der Waals surface area contributed by atoms with E-state index in [0.29, 0.717) is 22.4 Å². The third kappa shape index (κ3) is 2.95. The van der Waals surface area contributed by atoms with Crippen LogP contribution in [0.1, 0.15) is 11.1 Å². The van der Waals surface area contributed by atoms with E-state index in [-0.39, 0.29) is 30.4 Å². The molecule has 130 valence electrons. The minimum atomic E-state index is -3.92. The summed E-state index contributed by atoms with van der Waals surface area (Å²) in [6.07, 6.45) is 0. The number of ether oxygens (including phenoxy) is 2. The van der Waals surface area contributed by atoms with E-state index >= 15 is 0 Å². The summed E-state index contributed by atoms with van der Waals surface area (Å²) in [5.74, 6) is -0.0680. The Kier molecular flexibility index (Phi) is 3.86. The van der Waals surface area contributed by atoms with Crippen LogP contribution in [0.15, 0.2) is 39.9 Å². The lowest BCUT2D eigenvalue weighted by molar-refractivity contribution is -0.0172. The Bertz CT molecular complexity index is 1050. The van der Waals surface area contributed by atoms with Crippen molar-refractivity contribution in [3.05, 3.63) is 47.3 Å². The van der Waals surface area contributed by atoms with Crippen LogP contribution in [0, 0.1) is 5.82 Å². The maximum absolute atomic E-state index is 13.7. The monoisotopic (exact) mass is 365 g/mol. The van der Waals surface area contributed by atoms with Gasteiger partial charge in [0.25, 0.3) is 0 Å². The van der Waals surface area contributed by atoms with Gasteiger partial charge in [-0.05, 0) is 34.6 Å². The highest BCUT2D eigenvalue weighted by molar-refractivity contribution is 7.89. The van der Waals surface area contributed by atoms with Crippen molar-refractivity contribution in [2.45, 2.75) is 18.0 Å². The van der Waals surface area contributed by atoms with Gasteiger partial charge in [0.15, 0.2) is 12.3 Å². The second-order valence-electron chi connectivity index (χ2n) is 5.38. The largest absolute Gasteiger partial charge is 0.467 e. The molecule has 8 nitrogen and oxygen atoms in total. The molecule has 1 aromatic heterocycles. The quantitative estimate of drug-likeness (QED) is 0.750. The molecule has 2 aromatic carbocycles. The maximum atomic E-state index is 13.7. The Morgan fingerprint density at radius 2 is 2.12 bits per heavy atom. The van der Waals surface area contributed by atoms with Crippen molar-refractivity contribution >= 4 is 21.1 Å². The molecule has 0 atom stereocenters. The van der Waals surface area contributed by atoms with Crippen molar-refractivity contribution in [2.24, 2.45) is 0 Å². The number of halogens is 1. The molecule has 1 aliphatic heterocycles. The van der Waals surface area contributed by atoms with Crippen molar-refractivity contribution in [3.8, 4) is 5.75 Å². The molecule has 0 saturated carbocycles. The molecule has 0 bridgehead atoms. The molecule has 0 amide bonds. The van der Waals surface area contributed by atoms with Gasteiger partial charge in [-0.15, -0.1) is 0 Å². The van der Waals surface area contributed by atoms with Gasteiger partial charge in [-0.25, -0.2) is 22.2 Å². The van der Waals surface area contributed by atoms with Crippen LogP contribution in [0.3, 0.4) is 0 Å². The van der Waals surface area contributed by atoms with E-state index in [0.717, 1.165) is 0 Å². The van der Waals surface area contributed by atoms with Crippen LogP contribution in [0.4, 0.5) is 4.39 Å². The first kappa shape index (κ1) is 15.9. The number of nitrogens with one attached hydrogen (secondary N) is 1. The van der Waals surface area contributed by atoms with Crippen LogP contribution in [0.25, 0.3) is 11.0 Å². The van der Waals surface area contributed by atoms with Crippen molar-refractivity contribution in [1.29, 1.82) is 0 Å². The summed E-state index contributed by atoms with van der Waals surface area (Å²) in [4.78, 5) is -0.0687. The van der Waals surface area contributed by atoms with E-state index in [2.05, 4.69) is 19.7 Å². The third-order valence-electron chi connectivity index (χ3n) is 3.74. The average Bonchev–Trinajstić information content (AvgIpc) is 3.08. The zero-order valence-corrected chi connectivity index (χ0v) is 13.5. The van der Waals surface area contributed by atoms with Gasteiger partial charge in [0.2, 0.25) is 10.0 Å². The summed E-state index contributed by atoms with van der Waals surface area (Å²) < 4.78 is 56.4. The summed E-state index contributed by atoms with van der Waals surface area (Å²) in [5.41, 5.74) is 1.36. The lowest BCUT2D eigenvalue weighted by Gasteiger charge is -2.21. The first-order chi connectivity index (χ1) is 12.0. The molecule has 2 heterocycles. The first-order valence-electron chi connectivity index (χ1n) is 7.27. The van der Waals surface area contributed by atoms with E-state index < -0.39 is 15.8 Å². The highest BCUT2D eigenvalue weighted by Crippen LogP contribution is 2.30. The summed E-state index contributed by atoms with van der Waals surface area (Å²) in [7, 11) is -3.92. The van der Waals surface area contributed by atoms with Crippen molar-refractivity contribution < 1.29 is 26.9 Å². The molecule has 3 aromatic rings. The summed E-state index contributed by atoms with van der Waals surface area (Å²) >= 11 is 0. The number of rotatable bonds is 4. The van der Waals surface area contributed by atoms with Gasteiger partial charge in [0.05, 0.1) is 6.61 Å². The zero-order valence-electron chi connectivity index (χ0n) is 12.7. The molecule has 0 fully saturated rings. The number of aromatic nitrogens is 2. The lowest BCUT2D eigenvalue weighted by atomic mass is 10.1. The second kappa shape index (κ2) is 6.06. The fraction of sp³-hybridized carbons (Fsp3) is 0.200. The number of hydrogen-bond acceptors (Lipinski definition) is 7. The SMILES string of the molecule is O=S(=O)(NCc1cc(F)cc2c1OCOC2)c1cccc2nonc12. The topological polar surface area (TPSA) is 104 Å². The summed E-state index contributed by atoms with van der Waals surface area (Å²) in [6, 6.07) is 7.03. The Morgan fingerprint density at radius 3 is 3.00 bits per heavy atom. The molecule has 0 unspecified atom stereocenters. The van der Waals surface area contributed by atoms with Crippen molar-refractivity contribution in [3.63, 3.8) is 0 Å². The second-order valence-corrected chi connectivity index (χ2v) is 7.11. The zero-order chi connectivity index (χ0) is 17.4. The lowest BCUT2D eigenvalue weighted by Crippen LogP contribution is -2.25. The summed E-state index contributed by atoms with van der Waals surface area (Å²) in [5, 5.41) is 7.24. The number of hydrogen-bond donors (Lipinski definition) is 1. The Morgan fingerprint density at radius 1 is 1.24 bits per heavy atom. The molecule has 10 heteroatoms. The molecular formula is C15H12FN3O5S. The Labute approximate surface area is 141 Å². The van der Waals surface area contributed by atoms with E-state index in [4.69, 9.17) is 9.47 Å².